The van der Waals surface area contributed by atoms with Crippen LogP contribution in [0, 0.1) is 11.7 Å². The second kappa shape index (κ2) is 5.67. The molecule has 3 N–H and O–H groups in total. The lowest BCUT2D eigenvalue weighted by atomic mass is 9.88. The summed E-state index contributed by atoms with van der Waals surface area (Å²) in [5, 5.41) is 2.64. The van der Waals surface area contributed by atoms with Crippen LogP contribution in [0.15, 0.2) is 18.2 Å². The molecule has 5 heteroatoms. The Morgan fingerprint density at radius 3 is 2.67 bits per heavy atom. The molecule has 1 rings (SSSR count). The van der Waals surface area contributed by atoms with Gasteiger partial charge in [0.2, 0.25) is 0 Å². The largest absolute Gasteiger partial charge is 0.345 e. The number of hydrogen-bond acceptors (Lipinski definition) is 2. The van der Waals surface area contributed by atoms with Crippen LogP contribution in [0.4, 0.5) is 4.39 Å². The Morgan fingerprint density at radius 1 is 1.56 bits per heavy atom. The van der Waals surface area contributed by atoms with E-state index in [1.807, 2.05) is 20.8 Å². The van der Waals surface area contributed by atoms with Crippen LogP contribution in [0.2, 0.25) is 5.02 Å². The van der Waals surface area contributed by atoms with Crippen LogP contribution in [0.3, 0.4) is 0 Å². The van der Waals surface area contributed by atoms with Crippen LogP contribution in [-0.4, -0.2) is 18.0 Å². The van der Waals surface area contributed by atoms with Crippen molar-refractivity contribution < 1.29 is 9.18 Å². The molecule has 0 aliphatic rings. The highest BCUT2D eigenvalue weighted by molar-refractivity contribution is 6.34. The molecule has 0 bridgehead atoms. The molecule has 0 aromatic heterocycles. The third-order valence-electron chi connectivity index (χ3n) is 3.29. The highest BCUT2D eigenvalue weighted by Gasteiger charge is 2.29. The maximum Gasteiger partial charge on any atom is 0.253 e. The van der Waals surface area contributed by atoms with E-state index in [1.54, 1.807) is 0 Å². The predicted octanol–water partition coefficient (Wildman–Crippen LogP) is 2.58. The number of amides is 1. The molecule has 1 aromatic carbocycles. The van der Waals surface area contributed by atoms with Crippen molar-refractivity contribution in [2.24, 2.45) is 11.7 Å². The Bertz CT molecular complexity index is 451. The van der Waals surface area contributed by atoms with E-state index in [2.05, 4.69) is 5.32 Å². The molecule has 18 heavy (non-hydrogen) atoms. The number of carbonyl (C=O) groups excluding carboxylic acids is 1. The molecule has 1 atom stereocenters. The van der Waals surface area contributed by atoms with Gasteiger partial charge in [0, 0.05) is 6.54 Å². The molecule has 0 radical (unpaired) electrons. The van der Waals surface area contributed by atoms with Gasteiger partial charge in [0.1, 0.15) is 5.82 Å². The SMILES string of the molecule is CC(C)C(C)(CN)NC(=O)c1cccc(F)c1Cl. The Kier molecular flexibility index (Phi) is 4.71. The summed E-state index contributed by atoms with van der Waals surface area (Å²) in [4.78, 5) is 12.1. The highest BCUT2D eigenvalue weighted by atomic mass is 35.5. The number of nitrogens with two attached hydrogens (primary N) is 1. The standard InChI is InChI=1S/C13H18ClFN2O/c1-8(2)13(3,7-16)17-12(18)9-5-4-6-10(15)11(9)14/h4-6,8H,7,16H2,1-3H3,(H,17,18). The summed E-state index contributed by atoms with van der Waals surface area (Å²) in [6, 6.07) is 4.15. The first-order chi connectivity index (χ1) is 8.31. The minimum absolute atomic E-state index is 0.122. The zero-order valence-corrected chi connectivity index (χ0v) is 11.5. The lowest BCUT2D eigenvalue weighted by Gasteiger charge is -2.33. The summed E-state index contributed by atoms with van der Waals surface area (Å²) in [6.45, 7) is 6.06. The second-order valence-electron chi connectivity index (χ2n) is 4.83. The van der Waals surface area contributed by atoms with Crippen LogP contribution in [-0.2, 0) is 0 Å². The fourth-order valence-electron chi connectivity index (χ4n) is 1.44. The van der Waals surface area contributed by atoms with Crippen molar-refractivity contribution >= 4 is 17.5 Å². The van der Waals surface area contributed by atoms with Gasteiger partial charge in [0.15, 0.2) is 0 Å². The predicted molar refractivity (Wildman–Crippen MR) is 71.2 cm³/mol. The van der Waals surface area contributed by atoms with Gasteiger partial charge in [-0.15, -0.1) is 0 Å². The lowest BCUT2D eigenvalue weighted by Crippen LogP contribution is -2.55. The second-order valence-corrected chi connectivity index (χ2v) is 5.21. The quantitative estimate of drug-likeness (QED) is 0.885. The molecule has 1 amide bonds. The van der Waals surface area contributed by atoms with Gasteiger partial charge in [0.05, 0.1) is 16.1 Å². The maximum absolute atomic E-state index is 13.3. The first-order valence-electron chi connectivity index (χ1n) is 5.78. The number of nitrogens with one attached hydrogen (secondary N) is 1. The summed E-state index contributed by atoms with van der Waals surface area (Å²) in [6.07, 6.45) is 0. The van der Waals surface area contributed by atoms with E-state index in [-0.39, 0.29) is 16.5 Å². The Labute approximate surface area is 112 Å². The molecule has 0 aliphatic heterocycles. The number of carbonyl (C=O) groups is 1. The molecule has 0 fully saturated rings. The van der Waals surface area contributed by atoms with Gasteiger partial charge in [-0.05, 0) is 25.0 Å². The van der Waals surface area contributed by atoms with Crippen molar-refractivity contribution in [2.45, 2.75) is 26.3 Å². The van der Waals surface area contributed by atoms with Crippen LogP contribution in [0.1, 0.15) is 31.1 Å². The molecule has 1 unspecified atom stereocenters. The van der Waals surface area contributed by atoms with Crippen molar-refractivity contribution in [3.63, 3.8) is 0 Å². The molecule has 100 valence electrons. The summed E-state index contributed by atoms with van der Waals surface area (Å²) < 4.78 is 13.3. The van der Waals surface area contributed by atoms with Gasteiger partial charge in [-0.25, -0.2) is 4.39 Å². The number of halogens is 2. The van der Waals surface area contributed by atoms with E-state index in [1.165, 1.54) is 18.2 Å². The minimum atomic E-state index is -0.608. The normalized spacial score (nSPS) is 14.4. The van der Waals surface area contributed by atoms with E-state index in [4.69, 9.17) is 17.3 Å². The van der Waals surface area contributed by atoms with Crippen LogP contribution in [0.25, 0.3) is 0 Å². The molecule has 0 heterocycles. The van der Waals surface area contributed by atoms with Crippen LogP contribution in [0.5, 0.6) is 0 Å². The lowest BCUT2D eigenvalue weighted by molar-refractivity contribution is 0.0883. The summed E-state index contributed by atoms with van der Waals surface area (Å²) in [5.74, 6) is -0.872. The topological polar surface area (TPSA) is 55.1 Å². The van der Waals surface area contributed by atoms with Gasteiger partial charge >= 0.3 is 0 Å². The Hall–Kier alpha value is -1.13. The van der Waals surface area contributed by atoms with Gasteiger partial charge in [-0.3, -0.25) is 4.79 Å². The van der Waals surface area contributed by atoms with Gasteiger partial charge in [0.25, 0.3) is 5.91 Å². The molecular weight excluding hydrogens is 255 g/mol. The average Bonchev–Trinajstić information content (AvgIpc) is 2.32. The molecule has 0 spiro atoms. The first-order valence-corrected chi connectivity index (χ1v) is 6.16. The molecular formula is C13H18ClFN2O. The van der Waals surface area contributed by atoms with Gasteiger partial charge < -0.3 is 11.1 Å². The minimum Gasteiger partial charge on any atom is -0.345 e. The fourth-order valence-corrected chi connectivity index (χ4v) is 1.65. The highest BCUT2D eigenvalue weighted by Crippen LogP contribution is 2.21. The summed E-state index contributed by atoms with van der Waals surface area (Å²) in [7, 11) is 0. The van der Waals surface area contributed by atoms with Crippen molar-refractivity contribution in [1.82, 2.24) is 5.32 Å². The van der Waals surface area contributed by atoms with E-state index in [0.29, 0.717) is 6.54 Å². The van der Waals surface area contributed by atoms with Gasteiger partial charge in [-0.1, -0.05) is 31.5 Å². The zero-order chi connectivity index (χ0) is 13.9. The van der Waals surface area contributed by atoms with Crippen molar-refractivity contribution in [3.05, 3.63) is 34.6 Å². The van der Waals surface area contributed by atoms with Crippen LogP contribution >= 0.6 is 11.6 Å². The van der Waals surface area contributed by atoms with E-state index < -0.39 is 17.3 Å². The summed E-state index contributed by atoms with van der Waals surface area (Å²) in [5.41, 5.74) is 5.25. The Morgan fingerprint density at radius 2 is 2.17 bits per heavy atom. The van der Waals surface area contributed by atoms with Crippen LogP contribution < -0.4 is 11.1 Å². The molecule has 0 aliphatic carbocycles. The van der Waals surface area contributed by atoms with Crippen molar-refractivity contribution in [2.75, 3.05) is 6.54 Å². The van der Waals surface area contributed by atoms with E-state index >= 15 is 0 Å². The Balaban J connectivity index is 2.99. The number of hydrogen-bond donors (Lipinski definition) is 2. The smallest absolute Gasteiger partial charge is 0.253 e. The third-order valence-corrected chi connectivity index (χ3v) is 3.68. The average molecular weight is 273 g/mol. The maximum atomic E-state index is 13.3. The van der Waals surface area contributed by atoms with Crippen molar-refractivity contribution in [3.8, 4) is 0 Å². The summed E-state index contributed by atoms with van der Waals surface area (Å²) >= 11 is 5.77. The fraction of sp³-hybridized carbons (Fsp3) is 0.462. The molecule has 0 saturated heterocycles. The van der Waals surface area contributed by atoms with E-state index in [9.17, 15) is 9.18 Å². The zero-order valence-electron chi connectivity index (χ0n) is 10.8. The molecule has 0 saturated carbocycles. The molecule has 3 nitrogen and oxygen atoms in total. The van der Waals surface area contributed by atoms with Gasteiger partial charge in [-0.2, -0.15) is 0 Å². The number of rotatable bonds is 4. The monoisotopic (exact) mass is 272 g/mol. The van der Waals surface area contributed by atoms with E-state index in [0.717, 1.165) is 0 Å². The third kappa shape index (κ3) is 3.00. The molecule has 1 aromatic rings. The number of benzene rings is 1. The van der Waals surface area contributed by atoms with Crippen molar-refractivity contribution in [1.29, 1.82) is 0 Å². The first kappa shape index (κ1) is 14.9.